The van der Waals surface area contributed by atoms with E-state index in [1.54, 1.807) is 0 Å². The molecule has 24 heavy (non-hydrogen) atoms. The summed E-state index contributed by atoms with van der Waals surface area (Å²) in [6, 6.07) is 13.8. The molecule has 1 aliphatic rings. The second-order valence-corrected chi connectivity index (χ2v) is 6.63. The van der Waals surface area contributed by atoms with Gasteiger partial charge in [0.25, 0.3) is 5.91 Å². The van der Waals surface area contributed by atoms with Crippen LogP contribution in [0.2, 0.25) is 0 Å². The zero-order chi connectivity index (χ0) is 17.1. The van der Waals surface area contributed by atoms with Gasteiger partial charge >= 0.3 is 0 Å². The maximum Gasteiger partial charge on any atom is 0.282 e. The predicted octanol–water partition coefficient (Wildman–Crippen LogP) is 0.947. The molecule has 126 valence electrons. The standard InChI is InChI=1S/C19H23N3O2/c1-13(22-10-4-7-16(12-22)18(20)23)19(24)21-17-9-8-14-5-2-3-6-15(14)11-17/h2-3,5-6,8-9,11,13,16H,4,7,10,12H2,1H3,(H2,20,23)(H,21,24)/p+1/t13-,16-/m0/s1. The number of carbonyl (C=O) groups is 2. The number of quaternary nitrogens is 1. The zero-order valence-corrected chi connectivity index (χ0v) is 13.9. The molecular weight excluding hydrogens is 302 g/mol. The number of likely N-dealkylation sites (tertiary alicyclic amines) is 1. The second-order valence-electron chi connectivity index (χ2n) is 6.63. The highest BCUT2D eigenvalue weighted by atomic mass is 16.2. The molecule has 3 atom stereocenters. The Morgan fingerprint density at radius 1 is 1.21 bits per heavy atom. The SMILES string of the molecule is C[C@@H](C(=O)Nc1ccc2ccccc2c1)[NH+]1CCC[C@H](C(N)=O)C1. The van der Waals surface area contributed by atoms with Gasteiger partial charge in [0.2, 0.25) is 5.91 Å². The van der Waals surface area contributed by atoms with Gasteiger partial charge in [0, 0.05) is 5.69 Å². The quantitative estimate of drug-likeness (QED) is 0.782. The molecule has 0 bridgehead atoms. The molecule has 0 aliphatic carbocycles. The molecule has 2 aromatic rings. The Morgan fingerprint density at radius 2 is 1.96 bits per heavy atom. The van der Waals surface area contributed by atoms with Gasteiger partial charge < -0.3 is 16.0 Å². The molecule has 2 amide bonds. The molecule has 0 saturated carbocycles. The number of hydrogen-bond acceptors (Lipinski definition) is 2. The molecule has 1 saturated heterocycles. The fraction of sp³-hybridized carbons (Fsp3) is 0.368. The molecule has 1 aliphatic heterocycles. The van der Waals surface area contributed by atoms with Gasteiger partial charge in [-0.1, -0.05) is 30.3 Å². The lowest BCUT2D eigenvalue weighted by Crippen LogP contribution is -3.18. The van der Waals surface area contributed by atoms with E-state index in [9.17, 15) is 9.59 Å². The van der Waals surface area contributed by atoms with Crippen LogP contribution in [-0.4, -0.2) is 30.9 Å². The number of piperidine rings is 1. The lowest BCUT2D eigenvalue weighted by molar-refractivity contribution is -0.921. The van der Waals surface area contributed by atoms with Gasteiger partial charge in [-0.05, 0) is 42.7 Å². The van der Waals surface area contributed by atoms with Crippen LogP contribution < -0.4 is 16.0 Å². The van der Waals surface area contributed by atoms with Crippen molar-refractivity contribution >= 4 is 28.3 Å². The third-order valence-electron chi connectivity index (χ3n) is 4.98. The minimum atomic E-state index is -0.255. The highest BCUT2D eigenvalue weighted by Gasteiger charge is 2.33. The number of carbonyl (C=O) groups excluding carboxylic acids is 2. The molecule has 3 rings (SSSR count). The van der Waals surface area contributed by atoms with Crippen LogP contribution in [0.25, 0.3) is 10.8 Å². The van der Waals surface area contributed by atoms with Gasteiger partial charge in [0.1, 0.15) is 0 Å². The zero-order valence-electron chi connectivity index (χ0n) is 13.9. The van der Waals surface area contributed by atoms with Crippen molar-refractivity contribution < 1.29 is 14.5 Å². The third kappa shape index (κ3) is 3.57. The van der Waals surface area contributed by atoms with Crippen LogP contribution in [0.5, 0.6) is 0 Å². The van der Waals surface area contributed by atoms with Crippen LogP contribution in [0.3, 0.4) is 0 Å². The number of hydrogen-bond donors (Lipinski definition) is 3. The third-order valence-corrected chi connectivity index (χ3v) is 4.98. The maximum atomic E-state index is 12.6. The molecule has 5 nitrogen and oxygen atoms in total. The summed E-state index contributed by atoms with van der Waals surface area (Å²) in [6.45, 7) is 3.45. The van der Waals surface area contributed by atoms with E-state index in [2.05, 4.69) is 5.32 Å². The summed E-state index contributed by atoms with van der Waals surface area (Å²) in [5, 5.41) is 5.25. The van der Waals surface area contributed by atoms with Gasteiger partial charge in [-0.15, -0.1) is 0 Å². The normalized spacial score (nSPS) is 22.0. The summed E-state index contributed by atoms with van der Waals surface area (Å²) in [5.41, 5.74) is 6.23. The minimum absolute atomic E-state index is 0.0228. The van der Waals surface area contributed by atoms with Crippen molar-refractivity contribution in [2.75, 3.05) is 18.4 Å². The Hall–Kier alpha value is -2.40. The van der Waals surface area contributed by atoms with Crippen molar-refractivity contribution in [3.8, 4) is 0 Å². The van der Waals surface area contributed by atoms with Gasteiger partial charge in [0.15, 0.2) is 6.04 Å². The van der Waals surface area contributed by atoms with E-state index in [0.717, 1.165) is 40.7 Å². The first-order chi connectivity index (χ1) is 11.5. The number of benzene rings is 2. The Balaban J connectivity index is 1.67. The first-order valence-corrected chi connectivity index (χ1v) is 8.48. The topological polar surface area (TPSA) is 76.6 Å². The van der Waals surface area contributed by atoms with Crippen LogP contribution >= 0.6 is 0 Å². The fourth-order valence-electron chi connectivity index (χ4n) is 3.44. The molecule has 5 heteroatoms. The van der Waals surface area contributed by atoms with Crippen LogP contribution in [0.1, 0.15) is 19.8 Å². The second kappa shape index (κ2) is 7.01. The summed E-state index contributed by atoms with van der Waals surface area (Å²) in [4.78, 5) is 25.1. The van der Waals surface area contributed by atoms with Gasteiger partial charge in [-0.25, -0.2) is 0 Å². The monoisotopic (exact) mass is 326 g/mol. The predicted molar refractivity (Wildman–Crippen MR) is 94.7 cm³/mol. The van der Waals surface area contributed by atoms with Crippen LogP contribution in [-0.2, 0) is 9.59 Å². The van der Waals surface area contributed by atoms with E-state index in [4.69, 9.17) is 5.73 Å². The molecule has 0 aromatic heterocycles. The Bertz CT molecular complexity index is 759. The minimum Gasteiger partial charge on any atom is -0.369 e. The number of primary amides is 1. The summed E-state index contributed by atoms with van der Waals surface area (Å²) < 4.78 is 0. The summed E-state index contributed by atoms with van der Waals surface area (Å²) in [5.74, 6) is -0.399. The summed E-state index contributed by atoms with van der Waals surface area (Å²) in [7, 11) is 0. The fourth-order valence-corrected chi connectivity index (χ4v) is 3.44. The van der Waals surface area contributed by atoms with Crippen molar-refractivity contribution in [3.05, 3.63) is 42.5 Å². The van der Waals surface area contributed by atoms with Crippen molar-refractivity contribution in [2.45, 2.75) is 25.8 Å². The highest BCUT2D eigenvalue weighted by Crippen LogP contribution is 2.18. The van der Waals surface area contributed by atoms with E-state index in [0.29, 0.717) is 6.54 Å². The molecule has 1 heterocycles. The largest absolute Gasteiger partial charge is 0.369 e. The van der Waals surface area contributed by atoms with E-state index in [-0.39, 0.29) is 23.8 Å². The first kappa shape index (κ1) is 16.5. The number of nitrogens with one attached hydrogen (secondary N) is 2. The smallest absolute Gasteiger partial charge is 0.282 e. The number of fused-ring (bicyclic) bond motifs is 1. The Kier molecular flexibility index (Phi) is 4.81. The maximum absolute atomic E-state index is 12.6. The van der Waals surface area contributed by atoms with E-state index in [1.165, 1.54) is 0 Å². The summed E-state index contributed by atoms with van der Waals surface area (Å²) >= 11 is 0. The average molecular weight is 326 g/mol. The Labute approximate surface area is 141 Å². The molecule has 0 spiro atoms. The van der Waals surface area contributed by atoms with Crippen LogP contribution in [0.4, 0.5) is 5.69 Å². The van der Waals surface area contributed by atoms with Gasteiger partial charge in [0.05, 0.1) is 19.0 Å². The van der Waals surface area contributed by atoms with Gasteiger partial charge in [-0.3, -0.25) is 9.59 Å². The number of nitrogens with two attached hydrogens (primary N) is 1. The van der Waals surface area contributed by atoms with E-state index >= 15 is 0 Å². The first-order valence-electron chi connectivity index (χ1n) is 8.48. The van der Waals surface area contributed by atoms with Crippen molar-refractivity contribution in [1.29, 1.82) is 0 Å². The summed E-state index contributed by atoms with van der Waals surface area (Å²) in [6.07, 6.45) is 1.76. The molecule has 0 radical (unpaired) electrons. The number of amides is 2. The Morgan fingerprint density at radius 3 is 2.71 bits per heavy atom. The van der Waals surface area contributed by atoms with Gasteiger partial charge in [-0.2, -0.15) is 0 Å². The lowest BCUT2D eigenvalue weighted by Gasteiger charge is -2.31. The van der Waals surface area contributed by atoms with Crippen molar-refractivity contribution in [1.82, 2.24) is 0 Å². The molecule has 1 fully saturated rings. The number of anilines is 1. The number of rotatable bonds is 4. The average Bonchev–Trinajstić information content (AvgIpc) is 2.61. The molecular formula is C19H24N3O2+. The molecule has 2 aromatic carbocycles. The van der Waals surface area contributed by atoms with E-state index in [1.807, 2.05) is 49.4 Å². The lowest BCUT2D eigenvalue weighted by atomic mass is 9.96. The van der Waals surface area contributed by atoms with Crippen LogP contribution in [0.15, 0.2) is 42.5 Å². The van der Waals surface area contributed by atoms with Crippen molar-refractivity contribution in [3.63, 3.8) is 0 Å². The van der Waals surface area contributed by atoms with Crippen molar-refractivity contribution in [2.24, 2.45) is 11.7 Å². The van der Waals surface area contributed by atoms with E-state index < -0.39 is 0 Å². The molecule has 1 unspecified atom stereocenters. The molecule has 4 N–H and O–H groups in total. The highest BCUT2D eigenvalue weighted by molar-refractivity contribution is 5.96. The van der Waals surface area contributed by atoms with Crippen LogP contribution in [0, 0.1) is 5.92 Å².